The van der Waals surface area contributed by atoms with E-state index in [1.807, 2.05) is 42.1 Å². The van der Waals surface area contributed by atoms with Gasteiger partial charge in [0.25, 0.3) is 0 Å². The fourth-order valence-corrected chi connectivity index (χ4v) is 7.42. The van der Waals surface area contributed by atoms with Gasteiger partial charge in [0, 0.05) is 30.9 Å². The van der Waals surface area contributed by atoms with Crippen molar-refractivity contribution in [2.45, 2.75) is 37.5 Å². The third-order valence-corrected chi connectivity index (χ3v) is 10.0. The number of methoxy groups -OCH3 is 1. The lowest BCUT2D eigenvalue weighted by Crippen LogP contribution is -2.44. The van der Waals surface area contributed by atoms with Crippen molar-refractivity contribution in [2.75, 3.05) is 40.3 Å². The minimum atomic E-state index is -0.425. The van der Waals surface area contributed by atoms with Gasteiger partial charge in [0.15, 0.2) is 0 Å². The number of likely N-dealkylation sites (tertiary alicyclic amines) is 1. The van der Waals surface area contributed by atoms with Gasteiger partial charge in [-0.1, -0.05) is 103 Å². The molecule has 2 heterocycles. The van der Waals surface area contributed by atoms with Gasteiger partial charge in [-0.2, -0.15) is 0 Å². The fourth-order valence-electron chi connectivity index (χ4n) is 7.42. The summed E-state index contributed by atoms with van der Waals surface area (Å²) in [4.78, 5) is 32.2. The lowest BCUT2D eigenvalue weighted by molar-refractivity contribution is -0.136. The summed E-state index contributed by atoms with van der Waals surface area (Å²) in [7, 11) is 3.32. The molecule has 1 fully saturated rings. The average Bonchev–Trinajstić information content (AvgIpc) is 3.12. The van der Waals surface area contributed by atoms with Crippen LogP contribution in [0.15, 0.2) is 126 Å². The Hall–Kier alpha value is -4.68. The Morgan fingerprint density at radius 2 is 1.50 bits per heavy atom. The molecule has 0 saturated carbocycles. The van der Waals surface area contributed by atoms with Crippen LogP contribution in [0.4, 0.5) is 0 Å². The number of fused-ring (bicyclic) bond motifs is 1. The van der Waals surface area contributed by atoms with Gasteiger partial charge in [-0.05, 0) is 73.3 Å². The lowest BCUT2D eigenvalue weighted by atomic mass is 9.68. The molecule has 6 heteroatoms. The van der Waals surface area contributed by atoms with Crippen LogP contribution >= 0.6 is 0 Å². The van der Waals surface area contributed by atoms with Gasteiger partial charge < -0.3 is 19.4 Å². The summed E-state index contributed by atoms with van der Waals surface area (Å²) >= 11 is 0. The number of allylic oxidation sites excluding steroid dienone is 2. The highest BCUT2D eigenvalue weighted by Crippen LogP contribution is 2.43. The standard InChI is InChI=1S/C40H43N3O3/c1-30-38(37(36(28-41(30)2)39(45)46-3)33-20-19-31-13-10-11-14-32(31)27-33)43(29-44)24-12-23-42-25-21-40(22-26-42,34-15-6-4-7-16-34)35-17-8-5-9-18-35/h4-11,13-20,27-29,37H,12,21-26H2,1-3H3. The number of esters is 1. The van der Waals surface area contributed by atoms with Gasteiger partial charge in [0.1, 0.15) is 0 Å². The van der Waals surface area contributed by atoms with Gasteiger partial charge >= 0.3 is 5.97 Å². The summed E-state index contributed by atoms with van der Waals surface area (Å²) in [5.41, 5.74) is 6.00. The zero-order valence-corrected chi connectivity index (χ0v) is 27.1. The average molecular weight is 614 g/mol. The fraction of sp³-hybridized carbons (Fsp3) is 0.300. The first-order valence-electron chi connectivity index (χ1n) is 16.2. The second kappa shape index (κ2) is 13.8. The largest absolute Gasteiger partial charge is 0.466 e. The molecule has 0 aromatic heterocycles. The van der Waals surface area contributed by atoms with E-state index in [0.717, 1.165) is 73.0 Å². The van der Waals surface area contributed by atoms with E-state index >= 15 is 0 Å². The van der Waals surface area contributed by atoms with Gasteiger partial charge in [-0.3, -0.25) is 4.79 Å². The molecule has 1 saturated heterocycles. The van der Waals surface area contributed by atoms with Gasteiger partial charge in [-0.25, -0.2) is 4.79 Å². The molecule has 0 aliphatic carbocycles. The lowest BCUT2D eigenvalue weighted by Gasteiger charge is -2.43. The molecule has 2 aliphatic heterocycles. The minimum Gasteiger partial charge on any atom is -0.466 e. The molecule has 0 spiro atoms. The number of ether oxygens (including phenoxy) is 1. The van der Waals surface area contributed by atoms with E-state index in [9.17, 15) is 9.59 Å². The smallest absolute Gasteiger partial charge is 0.336 e. The number of piperidine rings is 1. The molecule has 4 aromatic carbocycles. The third kappa shape index (κ3) is 6.10. The van der Waals surface area contributed by atoms with Crippen LogP contribution in [0.2, 0.25) is 0 Å². The predicted octanol–water partition coefficient (Wildman–Crippen LogP) is 7.09. The van der Waals surface area contributed by atoms with Crippen LogP contribution in [0.25, 0.3) is 10.8 Å². The van der Waals surface area contributed by atoms with E-state index in [1.165, 1.54) is 18.2 Å². The summed E-state index contributed by atoms with van der Waals surface area (Å²) in [6, 6.07) is 36.3. The normalized spacial score (nSPS) is 18.3. The monoisotopic (exact) mass is 613 g/mol. The van der Waals surface area contributed by atoms with Gasteiger partial charge in [0.2, 0.25) is 6.41 Å². The molecule has 0 bridgehead atoms. The zero-order chi connectivity index (χ0) is 32.1. The molecule has 46 heavy (non-hydrogen) atoms. The first-order chi connectivity index (χ1) is 22.4. The number of hydrogen-bond donors (Lipinski definition) is 0. The van der Waals surface area contributed by atoms with Crippen molar-refractivity contribution < 1.29 is 14.3 Å². The first kappa shape index (κ1) is 31.3. The Bertz CT molecular complexity index is 1700. The molecule has 236 valence electrons. The molecule has 4 aromatic rings. The van der Waals surface area contributed by atoms with E-state index in [2.05, 4.69) is 95.9 Å². The predicted molar refractivity (Wildman–Crippen MR) is 184 cm³/mol. The second-order valence-corrected chi connectivity index (χ2v) is 12.5. The number of carbonyl (C=O) groups excluding carboxylic acids is 2. The highest BCUT2D eigenvalue weighted by Gasteiger charge is 2.38. The van der Waals surface area contributed by atoms with Crippen LogP contribution in [0.3, 0.4) is 0 Å². The number of amides is 1. The van der Waals surface area contributed by atoms with E-state index in [1.54, 1.807) is 0 Å². The zero-order valence-electron chi connectivity index (χ0n) is 27.1. The molecule has 6 nitrogen and oxygen atoms in total. The van der Waals surface area contributed by atoms with Crippen molar-refractivity contribution in [3.05, 3.63) is 143 Å². The minimum absolute atomic E-state index is 0.00611. The molecule has 2 aliphatic rings. The third-order valence-electron chi connectivity index (χ3n) is 10.0. The quantitative estimate of drug-likeness (QED) is 0.141. The van der Waals surface area contributed by atoms with Crippen molar-refractivity contribution in [1.29, 1.82) is 0 Å². The van der Waals surface area contributed by atoms with Gasteiger partial charge in [-0.15, -0.1) is 0 Å². The number of nitrogens with zero attached hydrogens (tertiary/aromatic N) is 3. The SMILES string of the molecule is COC(=O)C1=CN(C)C(C)=C(N(C=O)CCCN2CCC(c3ccccc3)(c3ccccc3)CC2)C1c1ccc2ccccc2c1. The summed E-state index contributed by atoms with van der Waals surface area (Å²) in [6.07, 6.45) is 5.68. The van der Waals surface area contributed by atoms with Crippen LogP contribution in [-0.4, -0.2) is 67.4 Å². The first-order valence-corrected chi connectivity index (χ1v) is 16.2. The highest BCUT2D eigenvalue weighted by atomic mass is 16.5. The number of benzene rings is 4. The maximum Gasteiger partial charge on any atom is 0.336 e. The summed E-state index contributed by atoms with van der Waals surface area (Å²) < 4.78 is 5.25. The summed E-state index contributed by atoms with van der Waals surface area (Å²) in [5.74, 6) is -0.819. The molecular weight excluding hydrogens is 570 g/mol. The van der Waals surface area contributed by atoms with Crippen LogP contribution in [0.1, 0.15) is 48.8 Å². The second-order valence-electron chi connectivity index (χ2n) is 12.5. The van der Waals surface area contributed by atoms with Crippen molar-refractivity contribution in [1.82, 2.24) is 14.7 Å². The Labute approximate surface area is 272 Å². The number of hydrogen-bond acceptors (Lipinski definition) is 5. The molecular formula is C40H43N3O3. The van der Waals surface area contributed by atoms with E-state index in [4.69, 9.17) is 4.74 Å². The van der Waals surface area contributed by atoms with Crippen molar-refractivity contribution in [3.63, 3.8) is 0 Å². The van der Waals surface area contributed by atoms with Crippen molar-refractivity contribution in [3.8, 4) is 0 Å². The topological polar surface area (TPSA) is 53.1 Å². The van der Waals surface area contributed by atoms with Crippen molar-refractivity contribution in [2.24, 2.45) is 0 Å². The molecule has 1 amide bonds. The Morgan fingerprint density at radius 1 is 0.891 bits per heavy atom. The summed E-state index contributed by atoms with van der Waals surface area (Å²) in [5, 5.41) is 2.22. The number of carbonyl (C=O) groups is 2. The van der Waals surface area contributed by atoms with Crippen LogP contribution in [-0.2, 0) is 19.7 Å². The van der Waals surface area contributed by atoms with Crippen LogP contribution in [0, 0.1) is 0 Å². The Kier molecular flexibility index (Phi) is 9.36. The van der Waals surface area contributed by atoms with Gasteiger partial charge in [0.05, 0.1) is 24.3 Å². The maximum absolute atomic E-state index is 13.1. The van der Waals surface area contributed by atoms with Crippen molar-refractivity contribution >= 4 is 23.2 Å². The molecule has 1 unspecified atom stereocenters. The molecule has 6 rings (SSSR count). The Morgan fingerprint density at radius 3 is 2.11 bits per heavy atom. The molecule has 0 radical (unpaired) electrons. The Balaban J connectivity index is 1.20. The van der Waals surface area contributed by atoms with E-state index < -0.39 is 11.9 Å². The number of rotatable bonds is 10. The van der Waals surface area contributed by atoms with Crippen LogP contribution < -0.4 is 0 Å². The molecule has 0 N–H and O–H groups in total. The van der Waals surface area contributed by atoms with Crippen LogP contribution in [0.5, 0.6) is 0 Å². The summed E-state index contributed by atoms with van der Waals surface area (Å²) in [6.45, 7) is 5.45. The highest BCUT2D eigenvalue weighted by molar-refractivity contribution is 5.92. The molecule has 1 atom stereocenters. The van der Waals surface area contributed by atoms with E-state index in [-0.39, 0.29) is 5.41 Å². The van der Waals surface area contributed by atoms with E-state index in [0.29, 0.717) is 12.1 Å². The maximum atomic E-state index is 13.1.